The maximum absolute atomic E-state index is 12.6. The minimum absolute atomic E-state index is 0.0719. The van der Waals surface area contributed by atoms with Crippen molar-refractivity contribution in [3.8, 4) is 6.07 Å². The smallest absolute Gasteiger partial charge is 0.223 e. The molecule has 7 heteroatoms. The zero-order chi connectivity index (χ0) is 18.1. The minimum Gasteiger partial charge on any atom is -0.372 e. The normalized spacial score (nSPS) is 20.7. The summed E-state index contributed by atoms with van der Waals surface area (Å²) in [6.45, 7) is 9.14. The summed E-state index contributed by atoms with van der Waals surface area (Å²) in [4.78, 5) is 19.0. The lowest BCUT2D eigenvalue weighted by molar-refractivity contribution is -0.143. The number of aromatic nitrogens is 3. The minimum atomic E-state index is 0.0719. The predicted molar refractivity (Wildman–Crippen MR) is 92.1 cm³/mol. The Kier molecular flexibility index (Phi) is 4.73. The summed E-state index contributed by atoms with van der Waals surface area (Å²) < 4.78 is 7.37. The van der Waals surface area contributed by atoms with Gasteiger partial charge in [0.05, 0.1) is 18.4 Å². The average molecular weight is 341 g/mol. The van der Waals surface area contributed by atoms with Crippen LogP contribution in [0, 0.1) is 25.2 Å². The fourth-order valence-corrected chi connectivity index (χ4v) is 3.52. The number of fused-ring (bicyclic) bond motifs is 1. The van der Waals surface area contributed by atoms with Crippen molar-refractivity contribution in [1.29, 1.82) is 5.26 Å². The van der Waals surface area contributed by atoms with Crippen LogP contribution >= 0.6 is 0 Å². The molecule has 2 aromatic rings. The molecule has 1 saturated heterocycles. The van der Waals surface area contributed by atoms with Gasteiger partial charge in [0.1, 0.15) is 11.6 Å². The molecule has 1 fully saturated rings. The molecule has 0 bridgehead atoms. The van der Waals surface area contributed by atoms with E-state index in [4.69, 9.17) is 10.00 Å². The maximum Gasteiger partial charge on any atom is 0.223 e. The van der Waals surface area contributed by atoms with Gasteiger partial charge in [-0.3, -0.25) is 4.79 Å². The zero-order valence-corrected chi connectivity index (χ0v) is 15.1. The third-order valence-electron chi connectivity index (χ3n) is 4.69. The summed E-state index contributed by atoms with van der Waals surface area (Å²) in [5.74, 6) is 0.138. The Hall–Kier alpha value is -2.46. The number of nitriles is 1. The van der Waals surface area contributed by atoms with E-state index in [1.54, 1.807) is 4.52 Å². The number of carbonyl (C=O) groups excluding carboxylic acids is 1. The van der Waals surface area contributed by atoms with Crippen LogP contribution < -0.4 is 0 Å². The van der Waals surface area contributed by atoms with Gasteiger partial charge in [-0.2, -0.15) is 10.4 Å². The number of hydrogen-bond acceptors (Lipinski definition) is 5. The summed E-state index contributed by atoms with van der Waals surface area (Å²) in [6, 6.07) is 2.11. The van der Waals surface area contributed by atoms with E-state index >= 15 is 0 Å². The van der Waals surface area contributed by atoms with Gasteiger partial charge in [-0.25, -0.2) is 9.50 Å². The molecule has 2 aromatic heterocycles. The summed E-state index contributed by atoms with van der Waals surface area (Å²) in [7, 11) is 0. The summed E-state index contributed by atoms with van der Waals surface area (Å²) in [6.07, 6.45) is 2.72. The van der Waals surface area contributed by atoms with E-state index in [9.17, 15) is 4.79 Å². The molecule has 2 atom stereocenters. The molecule has 25 heavy (non-hydrogen) atoms. The molecular weight excluding hydrogens is 318 g/mol. The van der Waals surface area contributed by atoms with Crippen LogP contribution in [0.3, 0.4) is 0 Å². The van der Waals surface area contributed by atoms with Crippen LogP contribution in [-0.4, -0.2) is 50.7 Å². The van der Waals surface area contributed by atoms with E-state index in [2.05, 4.69) is 16.2 Å². The Morgan fingerprint density at radius 3 is 2.68 bits per heavy atom. The zero-order valence-electron chi connectivity index (χ0n) is 15.1. The first-order chi connectivity index (χ1) is 11.9. The fraction of sp³-hybridized carbons (Fsp3) is 0.556. The number of aryl methyl sites for hydroxylation is 2. The molecule has 0 N–H and O–H groups in total. The van der Waals surface area contributed by atoms with E-state index in [1.807, 2.05) is 32.6 Å². The highest BCUT2D eigenvalue weighted by molar-refractivity contribution is 5.76. The second kappa shape index (κ2) is 6.81. The third-order valence-corrected chi connectivity index (χ3v) is 4.69. The highest BCUT2D eigenvalue weighted by Gasteiger charge is 2.26. The first-order valence-electron chi connectivity index (χ1n) is 8.57. The molecule has 0 aliphatic carbocycles. The first-order valence-corrected chi connectivity index (χ1v) is 8.57. The molecule has 1 amide bonds. The lowest BCUT2D eigenvalue weighted by Gasteiger charge is -2.35. The van der Waals surface area contributed by atoms with Crippen molar-refractivity contribution in [1.82, 2.24) is 19.5 Å². The van der Waals surface area contributed by atoms with Crippen LogP contribution in [0.2, 0.25) is 0 Å². The SMILES string of the molecule is Cc1nc2c(C#N)cnn2c(C)c1CCC(=O)N1C[C@@H](C)O[C@@H](C)C1. The molecular formula is C18H23N5O2. The van der Waals surface area contributed by atoms with Gasteiger partial charge in [-0.15, -0.1) is 0 Å². The third kappa shape index (κ3) is 3.35. The molecule has 1 aliphatic heterocycles. The van der Waals surface area contributed by atoms with Crippen LogP contribution in [0.25, 0.3) is 5.65 Å². The van der Waals surface area contributed by atoms with E-state index in [1.165, 1.54) is 6.20 Å². The largest absolute Gasteiger partial charge is 0.372 e. The number of carbonyl (C=O) groups is 1. The van der Waals surface area contributed by atoms with Gasteiger partial charge >= 0.3 is 0 Å². The van der Waals surface area contributed by atoms with Crippen molar-refractivity contribution in [3.05, 3.63) is 28.7 Å². The molecule has 7 nitrogen and oxygen atoms in total. The Morgan fingerprint density at radius 1 is 1.36 bits per heavy atom. The van der Waals surface area contributed by atoms with Crippen molar-refractivity contribution in [3.63, 3.8) is 0 Å². The van der Waals surface area contributed by atoms with Gasteiger partial charge in [0.25, 0.3) is 0 Å². The molecule has 1 aliphatic rings. The van der Waals surface area contributed by atoms with Crippen LogP contribution in [0.1, 0.15) is 42.8 Å². The van der Waals surface area contributed by atoms with Crippen molar-refractivity contribution < 1.29 is 9.53 Å². The van der Waals surface area contributed by atoms with Crippen molar-refractivity contribution >= 4 is 11.6 Å². The number of rotatable bonds is 3. The molecule has 0 spiro atoms. The van der Waals surface area contributed by atoms with Gasteiger partial charge in [0.15, 0.2) is 5.65 Å². The van der Waals surface area contributed by atoms with E-state index in [0.29, 0.717) is 37.1 Å². The second-order valence-electron chi connectivity index (χ2n) is 6.72. The molecule has 0 radical (unpaired) electrons. The van der Waals surface area contributed by atoms with Crippen molar-refractivity contribution in [2.24, 2.45) is 0 Å². The standard InChI is InChI=1S/C18H23N5O2/c1-11-9-22(10-12(2)25-11)17(24)6-5-16-13(3)21-18-15(7-19)8-20-23(18)14(16)4/h8,11-12H,5-6,9-10H2,1-4H3/t11-,12+. The highest BCUT2D eigenvalue weighted by Crippen LogP contribution is 2.19. The maximum atomic E-state index is 12.6. The lowest BCUT2D eigenvalue weighted by Crippen LogP contribution is -2.48. The van der Waals surface area contributed by atoms with Crippen molar-refractivity contribution in [2.45, 2.75) is 52.7 Å². The number of hydrogen-bond donors (Lipinski definition) is 0. The summed E-state index contributed by atoms with van der Waals surface area (Å²) >= 11 is 0. The second-order valence-corrected chi connectivity index (χ2v) is 6.72. The number of ether oxygens (including phenoxy) is 1. The quantitative estimate of drug-likeness (QED) is 0.850. The van der Waals surface area contributed by atoms with Gasteiger partial charge < -0.3 is 9.64 Å². The Balaban J connectivity index is 1.77. The fourth-order valence-electron chi connectivity index (χ4n) is 3.52. The predicted octanol–water partition coefficient (Wildman–Crippen LogP) is 1.79. The van der Waals surface area contributed by atoms with Crippen LogP contribution in [0.5, 0.6) is 0 Å². The topological polar surface area (TPSA) is 83.5 Å². The molecule has 3 heterocycles. The van der Waals surface area contributed by atoms with Gasteiger partial charge in [-0.1, -0.05) is 0 Å². The van der Waals surface area contributed by atoms with Gasteiger partial charge in [-0.05, 0) is 39.7 Å². The van der Waals surface area contributed by atoms with Gasteiger partial charge in [0, 0.05) is 30.9 Å². The number of nitrogens with zero attached hydrogens (tertiary/aromatic N) is 5. The molecule has 0 aromatic carbocycles. The van der Waals surface area contributed by atoms with E-state index in [-0.39, 0.29) is 18.1 Å². The number of amides is 1. The highest BCUT2D eigenvalue weighted by atomic mass is 16.5. The van der Waals surface area contributed by atoms with Gasteiger partial charge in [0.2, 0.25) is 5.91 Å². The van der Waals surface area contributed by atoms with Crippen LogP contribution in [-0.2, 0) is 16.0 Å². The number of morpholine rings is 1. The van der Waals surface area contributed by atoms with Crippen molar-refractivity contribution in [2.75, 3.05) is 13.1 Å². The van der Waals surface area contributed by atoms with E-state index < -0.39 is 0 Å². The Labute approximate surface area is 147 Å². The molecule has 0 saturated carbocycles. The Morgan fingerprint density at radius 2 is 2.04 bits per heavy atom. The molecule has 0 unspecified atom stereocenters. The first kappa shape index (κ1) is 17.4. The monoisotopic (exact) mass is 341 g/mol. The Bertz CT molecular complexity index is 841. The summed E-state index contributed by atoms with van der Waals surface area (Å²) in [5.41, 5.74) is 3.83. The van der Waals surface area contributed by atoms with Crippen LogP contribution in [0.4, 0.5) is 0 Å². The summed E-state index contributed by atoms with van der Waals surface area (Å²) in [5, 5.41) is 13.4. The lowest BCUT2D eigenvalue weighted by atomic mass is 10.1. The average Bonchev–Trinajstić information content (AvgIpc) is 2.96. The molecule has 3 rings (SSSR count). The van der Waals surface area contributed by atoms with Crippen LogP contribution in [0.15, 0.2) is 6.20 Å². The van der Waals surface area contributed by atoms with E-state index in [0.717, 1.165) is 17.0 Å². The molecule has 132 valence electrons.